The fraction of sp³-hybridized carbons (Fsp3) is 0.526. The molecule has 29 heavy (non-hydrogen) atoms. The van der Waals surface area contributed by atoms with Gasteiger partial charge in [0.1, 0.15) is 11.9 Å². The van der Waals surface area contributed by atoms with E-state index in [1.807, 2.05) is 18.7 Å². The summed E-state index contributed by atoms with van der Waals surface area (Å²) >= 11 is 1.09. The van der Waals surface area contributed by atoms with E-state index in [0.717, 1.165) is 11.3 Å². The van der Waals surface area contributed by atoms with E-state index in [4.69, 9.17) is 4.74 Å². The van der Waals surface area contributed by atoms with Gasteiger partial charge in [0.25, 0.3) is 12.3 Å². The molecule has 1 saturated heterocycles. The van der Waals surface area contributed by atoms with Crippen LogP contribution in [0.15, 0.2) is 11.4 Å². The second-order valence-corrected chi connectivity index (χ2v) is 8.05. The van der Waals surface area contributed by atoms with E-state index < -0.39 is 12.5 Å². The van der Waals surface area contributed by atoms with Crippen LogP contribution in [0.3, 0.4) is 0 Å². The Morgan fingerprint density at radius 2 is 2.00 bits per heavy atom. The van der Waals surface area contributed by atoms with Crippen molar-refractivity contribution >= 4 is 39.4 Å². The number of aromatic nitrogens is 1. The summed E-state index contributed by atoms with van der Waals surface area (Å²) in [6.07, 6.45) is -2.21. The van der Waals surface area contributed by atoms with Crippen LogP contribution in [0, 0.1) is 0 Å². The Morgan fingerprint density at radius 3 is 2.59 bits per heavy atom. The predicted molar refractivity (Wildman–Crippen MR) is 108 cm³/mol. The summed E-state index contributed by atoms with van der Waals surface area (Å²) in [6, 6.07) is 1.38. The number of fused-ring (bicyclic) bond motifs is 1. The highest BCUT2D eigenvalue weighted by Gasteiger charge is 2.26. The standard InChI is InChI=1S/C19H24F2N4O3S/c1-10(2)23-19(27)28-11-4-6-25(7-5-11)14-8-12(17(20)21)16-15(24-14)13(9-29-16)18(26)22-3/h8-11,17H,4-7H2,1-3H3,(H,22,26)(H,23,27). The molecule has 1 aliphatic heterocycles. The number of hydrogen-bond donors (Lipinski definition) is 2. The smallest absolute Gasteiger partial charge is 0.407 e. The molecular weight excluding hydrogens is 402 g/mol. The van der Waals surface area contributed by atoms with E-state index in [2.05, 4.69) is 15.6 Å². The maximum absolute atomic E-state index is 13.6. The molecule has 0 aromatic carbocycles. The van der Waals surface area contributed by atoms with Crippen LogP contribution in [0.1, 0.15) is 49.0 Å². The number of halogens is 2. The van der Waals surface area contributed by atoms with E-state index in [9.17, 15) is 18.4 Å². The summed E-state index contributed by atoms with van der Waals surface area (Å²) in [5.74, 6) is 0.0471. The molecule has 0 unspecified atom stereocenters. The lowest BCUT2D eigenvalue weighted by Crippen LogP contribution is -2.41. The largest absolute Gasteiger partial charge is 0.446 e. The van der Waals surface area contributed by atoms with Gasteiger partial charge < -0.3 is 20.3 Å². The van der Waals surface area contributed by atoms with E-state index >= 15 is 0 Å². The van der Waals surface area contributed by atoms with E-state index in [-0.39, 0.29) is 29.1 Å². The predicted octanol–water partition coefficient (Wildman–Crippen LogP) is 3.70. The van der Waals surface area contributed by atoms with Gasteiger partial charge in [-0.1, -0.05) is 0 Å². The van der Waals surface area contributed by atoms with Crippen LogP contribution in [0.2, 0.25) is 0 Å². The Bertz CT molecular complexity index is 895. The summed E-state index contributed by atoms with van der Waals surface area (Å²) in [4.78, 5) is 30.2. The van der Waals surface area contributed by atoms with Crippen molar-refractivity contribution in [1.29, 1.82) is 0 Å². The zero-order valence-corrected chi connectivity index (χ0v) is 17.3. The van der Waals surface area contributed by atoms with Crippen molar-refractivity contribution < 1.29 is 23.1 Å². The summed E-state index contributed by atoms with van der Waals surface area (Å²) < 4.78 is 33.0. The van der Waals surface area contributed by atoms with Gasteiger partial charge in [-0.3, -0.25) is 4.79 Å². The first-order valence-electron chi connectivity index (χ1n) is 9.44. The topological polar surface area (TPSA) is 83.6 Å². The molecule has 3 rings (SSSR count). The number of alkyl halides is 2. The van der Waals surface area contributed by atoms with Crippen LogP contribution in [0.5, 0.6) is 0 Å². The highest BCUT2D eigenvalue weighted by molar-refractivity contribution is 7.17. The number of pyridine rings is 1. The van der Waals surface area contributed by atoms with Crippen molar-refractivity contribution in [3.63, 3.8) is 0 Å². The van der Waals surface area contributed by atoms with E-state index in [1.165, 1.54) is 13.1 Å². The first-order chi connectivity index (χ1) is 13.8. The average Bonchev–Trinajstić information content (AvgIpc) is 3.10. The Balaban J connectivity index is 1.80. The van der Waals surface area contributed by atoms with Gasteiger partial charge in [-0.2, -0.15) is 0 Å². The molecule has 0 aliphatic carbocycles. The molecule has 0 atom stereocenters. The third-order valence-corrected chi connectivity index (χ3v) is 5.71. The number of alkyl carbamates (subject to hydrolysis) is 1. The van der Waals surface area contributed by atoms with Crippen molar-refractivity contribution in [3.05, 3.63) is 22.6 Å². The Kier molecular flexibility index (Phi) is 6.51. The van der Waals surface area contributed by atoms with E-state index in [0.29, 0.717) is 42.0 Å². The first-order valence-corrected chi connectivity index (χ1v) is 10.3. The number of thiophene rings is 1. The van der Waals surface area contributed by atoms with Crippen molar-refractivity contribution in [2.24, 2.45) is 0 Å². The van der Waals surface area contributed by atoms with Crippen molar-refractivity contribution in [2.45, 2.75) is 45.3 Å². The molecule has 7 nitrogen and oxygen atoms in total. The lowest BCUT2D eigenvalue weighted by molar-refractivity contribution is 0.0814. The highest BCUT2D eigenvalue weighted by atomic mass is 32.1. The van der Waals surface area contributed by atoms with Gasteiger partial charge in [0, 0.05) is 50.0 Å². The summed E-state index contributed by atoms with van der Waals surface area (Å²) in [5, 5.41) is 6.76. The van der Waals surface area contributed by atoms with Gasteiger partial charge in [0.2, 0.25) is 0 Å². The Morgan fingerprint density at radius 1 is 1.31 bits per heavy atom. The van der Waals surface area contributed by atoms with Crippen molar-refractivity contribution in [3.8, 4) is 0 Å². The number of ether oxygens (including phenoxy) is 1. The minimum absolute atomic E-state index is 0.00795. The lowest BCUT2D eigenvalue weighted by atomic mass is 10.1. The Labute approximate surface area is 171 Å². The molecule has 2 aromatic heterocycles. The second-order valence-electron chi connectivity index (χ2n) is 7.17. The quantitative estimate of drug-likeness (QED) is 0.762. The van der Waals surface area contributed by atoms with Crippen LogP contribution >= 0.6 is 11.3 Å². The number of amides is 2. The molecule has 2 N–H and O–H groups in total. The zero-order chi connectivity index (χ0) is 21.1. The van der Waals surface area contributed by atoms with Gasteiger partial charge >= 0.3 is 6.09 Å². The van der Waals surface area contributed by atoms with Gasteiger partial charge in [-0.25, -0.2) is 18.6 Å². The second kappa shape index (κ2) is 8.89. The number of carbonyl (C=O) groups excluding carboxylic acids is 2. The average molecular weight is 426 g/mol. The normalized spacial score (nSPS) is 15.2. The number of hydrogen-bond acceptors (Lipinski definition) is 6. The minimum atomic E-state index is -2.67. The Hall–Kier alpha value is -2.49. The fourth-order valence-corrected chi connectivity index (χ4v) is 4.27. The van der Waals surface area contributed by atoms with Crippen LogP contribution in [0.4, 0.5) is 19.4 Å². The molecule has 10 heteroatoms. The molecule has 1 fully saturated rings. The molecule has 2 amide bonds. The monoisotopic (exact) mass is 426 g/mol. The molecule has 3 heterocycles. The molecule has 0 saturated carbocycles. The van der Waals surface area contributed by atoms with Crippen molar-refractivity contribution in [1.82, 2.24) is 15.6 Å². The van der Waals surface area contributed by atoms with Crippen LogP contribution in [0.25, 0.3) is 10.2 Å². The number of rotatable bonds is 5. The SMILES string of the molecule is CNC(=O)c1csc2c(C(F)F)cc(N3CCC(OC(=O)NC(C)C)CC3)nc12. The molecule has 1 aliphatic rings. The number of anilines is 1. The molecule has 0 bridgehead atoms. The van der Waals surface area contributed by atoms with Crippen LogP contribution in [-0.4, -0.2) is 49.3 Å². The van der Waals surface area contributed by atoms with Gasteiger partial charge in [0.15, 0.2) is 0 Å². The number of carbonyl (C=O) groups is 2. The number of piperidine rings is 1. The fourth-order valence-electron chi connectivity index (χ4n) is 3.26. The maximum Gasteiger partial charge on any atom is 0.407 e. The molecule has 0 radical (unpaired) electrons. The summed E-state index contributed by atoms with van der Waals surface area (Å²) in [5.41, 5.74) is 0.455. The molecule has 2 aromatic rings. The van der Waals surface area contributed by atoms with Gasteiger partial charge in [-0.15, -0.1) is 11.3 Å². The molecule has 0 spiro atoms. The van der Waals surface area contributed by atoms with Gasteiger partial charge in [0.05, 0.1) is 15.8 Å². The molecule has 158 valence electrons. The third-order valence-electron chi connectivity index (χ3n) is 4.69. The maximum atomic E-state index is 13.6. The van der Waals surface area contributed by atoms with E-state index in [1.54, 1.807) is 5.38 Å². The zero-order valence-electron chi connectivity index (χ0n) is 16.5. The summed E-state index contributed by atoms with van der Waals surface area (Å²) in [6.45, 7) is 4.73. The number of nitrogens with zero attached hydrogens (tertiary/aromatic N) is 2. The van der Waals surface area contributed by atoms with Crippen LogP contribution in [-0.2, 0) is 4.74 Å². The summed E-state index contributed by atoms with van der Waals surface area (Å²) in [7, 11) is 1.49. The lowest BCUT2D eigenvalue weighted by Gasteiger charge is -2.32. The first kappa shape index (κ1) is 21.2. The number of nitrogens with one attached hydrogen (secondary N) is 2. The van der Waals surface area contributed by atoms with Crippen LogP contribution < -0.4 is 15.5 Å². The molecular formula is C19H24F2N4O3S. The third kappa shape index (κ3) is 4.75. The van der Waals surface area contributed by atoms with Gasteiger partial charge in [-0.05, 0) is 19.9 Å². The minimum Gasteiger partial charge on any atom is -0.446 e. The van der Waals surface area contributed by atoms with Crippen molar-refractivity contribution in [2.75, 3.05) is 25.0 Å². The highest BCUT2D eigenvalue weighted by Crippen LogP contribution is 2.36.